The number of hydrogen-bond acceptors (Lipinski definition) is 5. The number of carbonyl (C=O) groups is 1. The number of para-hydroxylation sites is 1. The van der Waals surface area contributed by atoms with Gasteiger partial charge in [-0.2, -0.15) is 5.10 Å². The van der Waals surface area contributed by atoms with Crippen LogP contribution in [-0.4, -0.2) is 31.8 Å². The Morgan fingerprint density at radius 3 is 2.84 bits per heavy atom. The maximum atomic E-state index is 13.4. The molecule has 7 heteroatoms. The van der Waals surface area contributed by atoms with Crippen LogP contribution in [0, 0.1) is 5.82 Å². The lowest BCUT2D eigenvalue weighted by Gasteiger charge is -2.27. The summed E-state index contributed by atoms with van der Waals surface area (Å²) in [5.41, 5.74) is 2.39. The van der Waals surface area contributed by atoms with Gasteiger partial charge in [0, 0.05) is 18.0 Å². The average Bonchev–Trinajstić information content (AvgIpc) is 3.11. The minimum atomic E-state index is -0.498. The van der Waals surface area contributed by atoms with Crippen LogP contribution in [0.3, 0.4) is 0 Å². The number of anilines is 1. The predicted molar refractivity (Wildman–Crippen MR) is 98.0 cm³/mol. The molecule has 1 aliphatic rings. The number of benzene rings is 1. The molecule has 0 radical (unpaired) electrons. The van der Waals surface area contributed by atoms with Crippen molar-refractivity contribution in [3.8, 4) is 5.75 Å². The molecule has 1 amide bonds. The van der Waals surface area contributed by atoms with Crippen LogP contribution in [0.5, 0.6) is 5.75 Å². The largest absolute Gasteiger partial charge is 0.481 e. The third-order valence-electron chi connectivity index (χ3n) is 3.86. The second-order valence-electron chi connectivity index (χ2n) is 5.74. The Hall–Kier alpha value is -2.41. The Kier molecular flexibility index (Phi) is 6.00. The normalized spacial score (nSPS) is 14.7. The highest BCUT2D eigenvalue weighted by molar-refractivity contribution is 7.17. The van der Waals surface area contributed by atoms with Gasteiger partial charge in [-0.15, -0.1) is 11.3 Å². The lowest BCUT2D eigenvalue weighted by Crippen LogP contribution is -2.28. The lowest BCUT2D eigenvalue weighted by molar-refractivity contribution is -0.123. The molecule has 1 N–H and O–H groups in total. The summed E-state index contributed by atoms with van der Waals surface area (Å²) in [6, 6.07) is 10.0. The number of hydrogen-bond donors (Lipinski definition) is 1. The van der Waals surface area contributed by atoms with E-state index in [0.29, 0.717) is 0 Å². The number of halogens is 1. The fraction of sp³-hybridized carbons (Fsp3) is 0.333. The molecule has 1 aliphatic heterocycles. The zero-order valence-corrected chi connectivity index (χ0v) is 14.6. The van der Waals surface area contributed by atoms with Crippen LogP contribution >= 0.6 is 11.3 Å². The molecule has 1 aromatic heterocycles. The molecule has 0 atom stereocenters. The van der Waals surface area contributed by atoms with E-state index in [4.69, 9.17) is 4.74 Å². The van der Waals surface area contributed by atoms with Gasteiger partial charge in [0.2, 0.25) is 0 Å². The standard InChI is InChI=1S/C18H20FN3O2S/c19-15-6-2-3-7-16(15)24-13-17(23)21-20-12-14-8-9-18(25-14)22-10-4-1-5-11-22/h2-3,6-9,12H,1,4-5,10-11,13H2,(H,21,23)/b20-12-. The number of nitrogens with one attached hydrogen (secondary N) is 1. The summed E-state index contributed by atoms with van der Waals surface area (Å²) in [5.74, 6) is -0.888. The van der Waals surface area contributed by atoms with Crippen molar-refractivity contribution in [2.45, 2.75) is 19.3 Å². The van der Waals surface area contributed by atoms with Crippen molar-refractivity contribution in [1.82, 2.24) is 5.43 Å². The van der Waals surface area contributed by atoms with Gasteiger partial charge in [-0.1, -0.05) is 12.1 Å². The molecule has 0 unspecified atom stereocenters. The predicted octanol–water partition coefficient (Wildman–Crippen LogP) is 3.41. The Morgan fingerprint density at radius 2 is 2.04 bits per heavy atom. The van der Waals surface area contributed by atoms with Crippen LogP contribution in [0.1, 0.15) is 24.1 Å². The van der Waals surface area contributed by atoms with Gasteiger partial charge >= 0.3 is 0 Å². The molecule has 3 rings (SSSR count). The average molecular weight is 361 g/mol. The van der Waals surface area contributed by atoms with Crippen molar-refractivity contribution in [1.29, 1.82) is 0 Å². The molecule has 132 valence electrons. The Morgan fingerprint density at radius 1 is 1.24 bits per heavy atom. The zero-order valence-electron chi connectivity index (χ0n) is 13.8. The smallest absolute Gasteiger partial charge is 0.277 e. The first-order valence-electron chi connectivity index (χ1n) is 8.26. The number of nitrogens with zero attached hydrogens (tertiary/aromatic N) is 2. The zero-order chi connectivity index (χ0) is 17.5. The summed E-state index contributed by atoms with van der Waals surface area (Å²) in [7, 11) is 0. The van der Waals surface area contributed by atoms with Crippen molar-refractivity contribution in [3.05, 3.63) is 47.1 Å². The van der Waals surface area contributed by atoms with E-state index in [-0.39, 0.29) is 12.4 Å². The summed E-state index contributed by atoms with van der Waals surface area (Å²) in [6.45, 7) is 1.91. The molecule has 0 spiro atoms. The molecule has 1 saturated heterocycles. The molecule has 1 fully saturated rings. The van der Waals surface area contributed by atoms with E-state index in [9.17, 15) is 9.18 Å². The van der Waals surface area contributed by atoms with Crippen LogP contribution < -0.4 is 15.1 Å². The Balaban J connectivity index is 1.45. The van der Waals surface area contributed by atoms with Crippen molar-refractivity contribution in [2.75, 3.05) is 24.6 Å². The molecule has 1 aromatic carbocycles. The summed E-state index contributed by atoms with van der Waals surface area (Å²) >= 11 is 1.65. The van der Waals surface area contributed by atoms with E-state index in [2.05, 4.69) is 21.5 Å². The maximum Gasteiger partial charge on any atom is 0.277 e. The first-order chi connectivity index (χ1) is 12.2. The third kappa shape index (κ3) is 5.03. The maximum absolute atomic E-state index is 13.4. The number of piperidine rings is 1. The summed E-state index contributed by atoms with van der Waals surface area (Å²) in [5, 5.41) is 5.16. The van der Waals surface area contributed by atoms with E-state index in [1.54, 1.807) is 29.7 Å². The van der Waals surface area contributed by atoms with E-state index in [1.165, 1.54) is 36.4 Å². The van der Waals surface area contributed by atoms with Gasteiger partial charge < -0.3 is 9.64 Å². The molecule has 2 heterocycles. The monoisotopic (exact) mass is 361 g/mol. The second-order valence-corrected chi connectivity index (χ2v) is 6.83. The molecule has 0 saturated carbocycles. The van der Waals surface area contributed by atoms with Crippen LogP contribution in [0.25, 0.3) is 0 Å². The molecule has 0 bridgehead atoms. The van der Waals surface area contributed by atoms with Gasteiger partial charge in [-0.05, 0) is 43.5 Å². The summed E-state index contributed by atoms with van der Waals surface area (Å²) in [6.07, 6.45) is 5.38. The summed E-state index contributed by atoms with van der Waals surface area (Å²) in [4.78, 5) is 15.0. The van der Waals surface area contributed by atoms with Crippen molar-refractivity contribution in [2.24, 2.45) is 5.10 Å². The summed E-state index contributed by atoms with van der Waals surface area (Å²) < 4.78 is 18.5. The first kappa shape index (κ1) is 17.4. The van der Waals surface area contributed by atoms with Gasteiger partial charge in [-0.3, -0.25) is 4.79 Å². The molecular weight excluding hydrogens is 341 g/mol. The van der Waals surface area contributed by atoms with Crippen molar-refractivity contribution in [3.63, 3.8) is 0 Å². The van der Waals surface area contributed by atoms with Crippen molar-refractivity contribution < 1.29 is 13.9 Å². The number of carbonyl (C=O) groups excluding carboxylic acids is 1. The minimum absolute atomic E-state index is 0.0473. The van der Waals surface area contributed by atoms with Gasteiger partial charge in [0.05, 0.1) is 11.2 Å². The van der Waals surface area contributed by atoms with Gasteiger partial charge in [0.15, 0.2) is 18.2 Å². The number of hydrazone groups is 1. The first-order valence-corrected chi connectivity index (χ1v) is 9.08. The Bertz CT molecular complexity index is 741. The highest BCUT2D eigenvalue weighted by Crippen LogP contribution is 2.27. The fourth-order valence-electron chi connectivity index (χ4n) is 2.60. The fourth-order valence-corrected chi connectivity index (χ4v) is 3.53. The quantitative estimate of drug-likeness (QED) is 0.634. The molecule has 25 heavy (non-hydrogen) atoms. The van der Waals surface area contributed by atoms with Crippen LogP contribution in [0.2, 0.25) is 0 Å². The molecule has 5 nitrogen and oxygen atoms in total. The van der Waals surface area contributed by atoms with Gasteiger partial charge in [0.25, 0.3) is 5.91 Å². The van der Waals surface area contributed by atoms with Crippen LogP contribution in [0.4, 0.5) is 9.39 Å². The van der Waals surface area contributed by atoms with Gasteiger partial charge in [-0.25, -0.2) is 9.82 Å². The topological polar surface area (TPSA) is 53.9 Å². The Labute approximate surface area is 150 Å². The molecule has 0 aliphatic carbocycles. The van der Waals surface area contributed by atoms with E-state index in [1.807, 2.05) is 6.07 Å². The third-order valence-corrected chi connectivity index (χ3v) is 4.94. The minimum Gasteiger partial charge on any atom is -0.481 e. The van der Waals surface area contributed by atoms with E-state index in [0.717, 1.165) is 18.0 Å². The lowest BCUT2D eigenvalue weighted by atomic mass is 10.1. The molecule has 2 aromatic rings. The highest BCUT2D eigenvalue weighted by atomic mass is 32.1. The SMILES string of the molecule is O=C(COc1ccccc1F)N/N=C\c1ccc(N2CCCCC2)s1. The van der Waals surface area contributed by atoms with Crippen LogP contribution in [0.15, 0.2) is 41.5 Å². The van der Waals surface area contributed by atoms with E-state index >= 15 is 0 Å². The highest BCUT2D eigenvalue weighted by Gasteiger charge is 2.12. The van der Waals surface area contributed by atoms with Crippen LogP contribution in [-0.2, 0) is 4.79 Å². The number of amides is 1. The number of ether oxygens (including phenoxy) is 1. The van der Waals surface area contributed by atoms with Crippen molar-refractivity contribution >= 4 is 28.5 Å². The second kappa shape index (κ2) is 8.62. The number of thiophene rings is 1. The number of rotatable bonds is 6. The van der Waals surface area contributed by atoms with Gasteiger partial charge in [0.1, 0.15) is 0 Å². The van der Waals surface area contributed by atoms with E-state index < -0.39 is 11.7 Å². The molecular formula is C18H20FN3O2S.